The molecule has 0 spiro atoms. The normalized spacial score (nSPS) is 21.6. The van der Waals surface area contributed by atoms with E-state index in [1.165, 1.54) is 53.6 Å². The zero-order chi connectivity index (χ0) is 24.0. The van der Waals surface area contributed by atoms with E-state index in [0.717, 1.165) is 4.90 Å². The molecular formula is C23H16N4O7. The van der Waals surface area contributed by atoms with Gasteiger partial charge in [-0.25, -0.2) is 9.96 Å². The zero-order valence-corrected chi connectivity index (χ0v) is 17.4. The maximum atomic E-state index is 13.5. The number of amides is 2. The van der Waals surface area contributed by atoms with E-state index < -0.39 is 39.7 Å². The number of nitrogens with zero attached hydrogens (tertiary/aromatic N) is 4. The lowest BCUT2D eigenvalue weighted by Gasteiger charge is -2.28. The van der Waals surface area contributed by atoms with E-state index in [4.69, 9.17) is 4.84 Å². The number of carbonyl (C=O) groups excluding carboxylic acids is 2. The van der Waals surface area contributed by atoms with Crippen molar-refractivity contribution in [2.24, 2.45) is 5.92 Å². The van der Waals surface area contributed by atoms with Gasteiger partial charge in [0.25, 0.3) is 17.3 Å². The van der Waals surface area contributed by atoms with E-state index in [1.807, 2.05) is 6.07 Å². The van der Waals surface area contributed by atoms with Gasteiger partial charge < -0.3 is 0 Å². The second-order valence-electron chi connectivity index (χ2n) is 7.79. The molecule has 0 saturated carbocycles. The maximum Gasteiger partial charge on any atom is 0.269 e. The number of para-hydroxylation sites is 1. The molecule has 2 fully saturated rings. The quantitative estimate of drug-likeness (QED) is 0.320. The summed E-state index contributed by atoms with van der Waals surface area (Å²) in [5.74, 6) is -2.04. The Bertz CT molecular complexity index is 1300. The highest BCUT2D eigenvalue weighted by atomic mass is 16.7. The summed E-state index contributed by atoms with van der Waals surface area (Å²) < 4.78 is 0. The zero-order valence-electron chi connectivity index (χ0n) is 17.4. The molecular weight excluding hydrogens is 444 g/mol. The summed E-state index contributed by atoms with van der Waals surface area (Å²) in [5, 5.41) is 23.5. The third-order valence-corrected chi connectivity index (χ3v) is 5.89. The first-order valence-corrected chi connectivity index (χ1v) is 10.2. The summed E-state index contributed by atoms with van der Waals surface area (Å²) in [6.07, 6.45) is -1.12. The van der Waals surface area contributed by atoms with Gasteiger partial charge in [0, 0.05) is 24.3 Å². The number of rotatable bonds is 5. The number of non-ortho nitro benzene ring substituents is 2. The van der Waals surface area contributed by atoms with Crippen LogP contribution in [0.4, 0.5) is 22.7 Å². The van der Waals surface area contributed by atoms with Crippen LogP contribution in [0.3, 0.4) is 0 Å². The average molecular weight is 460 g/mol. The standard InChI is InChI=1S/C23H16N4O7/c28-22-19-20(14-6-8-17(9-7-14)26(30)31)25(16-4-2-1-3-5-16)34-21(19)23(29)24(22)15-10-12-18(13-11-15)27(32)33/h1-13,19-21H/t19-,20+,21-/m1/s1. The Morgan fingerprint density at radius 2 is 1.26 bits per heavy atom. The van der Waals surface area contributed by atoms with Crippen LogP contribution in [-0.4, -0.2) is 27.8 Å². The molecule has 5 rings (SSSR count). The number of hydrogen-bond donors (Lipinski definition) is 0. The summed E-state index contributed by atoms with van der Waals surface area (Å²) in [6, 6.07) is 19.0. The topological polar surface area (TPSA) is 136 Å². The van der Waals surface area contributed by atoms with E-state index in [0.29, 0.717) is 11.3 Å². The number of anilines is 2. The fraction of sp³-hybridized carbons (Fsp3) is 0.130. The molecule has 2 heterocycles. The number of imide groups is 1. The first-order valence-electron chi connectivity index (χ1n) is 10.2. The molecule has 3 aromatic carbocycles. The smallest absolute Gasteiger partial charge is 0.269 e. The number of hydrogen-bond acceptors (Lipinski definition) is 8. The minimum atomic E-state index is -1.12. The Hall–Kier alpha value is -4.64. The summed E-state index contributed by atoms with van der Waals surface area (Å²) in [7, 11) is 0. The second kappa shape index (κ2) is 8.05. The van der Waals surface area contributed by atoms with Gasteiger partial charge in [-0.1, -0.05) is 30.3 Å². The van der Waals surface area contributed by atoms with Crippen LogP contribution in [0.2, 0.25) is 0 Å². The molecule has 0 radical (unpaired) electrons. The fourth-order valence-electron chi connectivity index (χ4n) is 4.32. The van der Waals surface area contributed by atoms with Crippen molar-refractivity contribution >= 4 is 34.6 Å². The Kier molecular flexibility index (Phi) is 5.02. The van der Waals surface area contributed by atoms with Gasteiger partial charge >= 0.3 is 0 Å². The van der Waals surface area contributed by atoms with Crippen LogP contribution < -0.4 is 9.96 Å². The van der Waals surface area contributed by atoms with Crippen molar-refractivity contribution in [3.8, 4) is 0 Å². The average Bonchev–Trinajstić information content (AvgIpc) is 3.35. The van der Waals surface area contributed by atoms with Crippen molar-refractivity contribution in [2.75, 3.05) is 9.96 Å². The third kappa shape index (κ3) is 3.35. The van der Waals surface area contributed by atoms with Crippen LogP contribution in [-0.2, 0) is 14.4 Å². The summed E-state index contributed by atoms with van der Waals surface area (Å²) in [4.78, 5) is 54.7. The molecule has 0 unspecified atom stereocenters. The van der Waals surface area contributed by atoms with Crippen molar-refractivity contribution in [3.63, 3.8) is 0 Å². The predicted octanol–water partition coefficient (Wildman–Crippen LogP) is 3.55. The van der Waals surface area contributed by atoms with E-state index in [9.17, 15) is 29.8 Å². The molecule has 11 heteroatoms. The minimum absolute atomic E-state index is 0.105. The van der Waals surface area contributed by atoms with Crippen LogP contribution in [0.5, 0.6) is 0 Å². The van der Waals surface area contributed by atoms with Gasteiger partial charge in [0.1, 0.15) is 5.92 Å². The van der Waals surface area contributed by atoms with Gasteiger partial charge in [-0.3, -0.25) is 34.7 Å². The van der Waals surface area contributed by atoms with Gasteiger partial charge in [-0.05, 0) is 29.8 Å². The number of fused-ring (bicyclic) bond motifs is 1. The second-order valence-corrected chi connectivity index (χ2v) is 7.79. The summed E-state index contributed by atoms with van der Waals surface area (Å²) in [5.41, 5.74) is 1.11. The number of nitro groups is 2. The third-order valence-electron chi connectivity index (χ3n) is 5.89. The molecule has 3 atom stereocenters. The molecule has 34 heavy (non-hydrogen) atoms. The number of hydroxylamine groups is 1. The van der Waals surface area contributed by atoms with Crippen molar-refractivity contribution in [2.45, 2.75) is 12.1 Å². The van der Waals surface area contributed by atoms with Crippen LogP contribution in [0.15, 0.2) is 78.9 Å². The van der Waals surface area contributed by atoms with Crippen LogP contribution in [0.25, 0.3) is 0 Å². The van der Waals surface area contributed by atoms with Gasteiger partial charge in [0.15, 0.2) is 6.10 Å². The molecule has 2 aliphatic rings. The minimum Gasteiger partial charge on any atom is -0.273 e. The van der Waals surface area contributed by atoms with Crippen molar-refractivity contribution in [1.29, 1.82) is 0 Å². The predicted molar refractivity (Wildman–Crippen MR) is 119 cm³/mol. The SMILES string of the molecule is O=C1[C@H]2[C@@H](ON(c3ccccc3)[C@H]2c2ccc([N+](=O)[O-])cc2)C(=O)N1c1ccc([N+](=O)[O-])cc1. The molecule has 0 bridgehead atoms. The first-order chi connectivity index (χ1) is 16.4. The first kappa shape index (κ1) is 21.2. The highest BCUT2D eigenvalue weighted by Gasteiger charge is 2.60. The van der Waals surface area contributed by atoms with Gasteiger partial charge in [0.2, 0.25) is 5.91 Å². The van der Waals surface area contributed by atoms with Crippen molar-refractivity contribution in [1.82, 2.24) is 0 Å². The summed E-state index contributed by atoms with van der Waals surface area (Å²) in [6.45, 7) is 0. The lowest BCUT2D eigenvalue weighted by Crippen LogP contribution is -2.37. The molecule has 170 valence electrons. The van der Waals surface area contributed by atoms with Crippen molar-refractivity contribution < 1.29 is 24.3 Å². The van der Waals surface area contributed by atoms with Gasteiger partial charge in [-0.15, -0.1) is 0 Å². The highest BCUT2D eigenvalue weighted by Crippen LogP contribution is 2.47. The molecule has 2 saturated heterocycles. The fourth-order valence-corrected chi connectivity index (χ4v) is 4.32. The molecule has 0 N–H and O–H groups in total. The molecule has 11 nitrogen and oxygen atoms in total. The molecule has 0 aromatic heterocycles. The molecule has 0 aliphatic carbocycles. The highest BCUT2D eigenvalue weighted by molar-refractivity contribution is 6.24. The van der Waals surface area contributed by atoms with Crippen LogP contribution >= 0.6 is 0 Å². The van der Waals surface area contributed by atoms with E-state index in [2.05, 4.69) is 0 Å². The Morgan fingerprint density at radius 3 is 1.82 bits per heavy atom. The Balaban J connectivity index is 1.55. The van der Waals surface area contributed by atoms with Gasteiger partial charge in [-0.2, -0.15) is 0 Å². The molecule has 3 aromatic rings. The maximum absolute atomic E-state index is 13.5. The lowest BCUT2D eigenvalue weighted by atomic mass is 9.90. The Morgan fingerprint density at radius 1 is 0.706 bits per heavy atom. The monoisotopic (exact) mass is 460 g/mol. The van der Waals surface area contributed by atoms with Crippen molar-refractivity contribution in [3.05, 3.63) is 105 Å². The number of carbonyl (C=O) groups is 2. The van der Waals surface area contributed by atoms with Crippen LogP contribution in [0, 0.1) is 26.1 Å². The largest absolute Gasteiger partial charge is 0.273 e. The van der Waals surface area contributed by atoms with Gasteiger partial charge in [0.05, 0.1) is 27.3 Å². The van der Waals surface area contributed by atoms with E-state index in [1.54, 1.807) is 24.3 Å². The van der Waals surface area contributed by atoms with E-state index >= 15 is 0 Å². The van der Waals surface area contributed by atoms with E-state index in [-0.39, 0.29) is 17.1 Å². The summed E-state index contributed by atoms with van der Waals surface area (Å²) >= 11 is 0. The molecule has 2 aliphatic heterocycles. The number of benzene rings is 3. The number of nitro benzene ring substituents is 2. The lowest BCUT2D eigenvalue weighted by molar-refractivity contribution is -0.385. The van der Waals surface area contributed by atoms with Crippen LogP contribution in [0.1, 0.15) is 11.6 Å². The molecule has 2 amide bonds. The Labute approximate surface area is 192 Å².